The minimum absolute atomic E-state index is 0.129. The van der Waals surface area contributed by atoms with Crippen molar-refractivity contribution in [2.24, 2.45) is 11.3 Å². The fourth-order valence-corrected chi connectivity index (χ4v) is 4.26. The van der Waals surface area contributed by atoms with Crippen molar-refractivity contribution in [2.45, 2.75) is 59.0 Å². The van der Waals surface area contributed by atoms with Crippen molar-refractivity contribution in [2.75, 3.05) is 11.9 Å². The Bertz CT molecular complexity index is 1480. The first-order valence-corrected chi connectivity index (χ1v) is 12.8. The Morgan fingerprint density at radius 2 is 1.93 bits per heavy atom. The summed E-state index contributed by atoms with van der Waals surface area (Å²) in [6.07, 6.45) is -0.148. The lowest BCUT2D eigenvalue weighted by atomic mass is 9.86. The highest BCUT2D eigenvalue weighted by Gasteiger charge is 2.53. The number of nitrogens with one attached hydrogen (secondary N) is 3. The summed E-state index contributed by atoms with van der Waals surface area (Å²) in [7, 11) is 0. The molecule has 0 saturated heterocycles. The van der Waals surface area contributed by atoms with Crippen molar-refractivity contribution < 1.29 is 42.9 Å². The van der Waals surface area contributed by atoms with Crippen LogP contribution in [-0.2, 0) is 26.6 Å². The van der Waals surface area contributed by atoms with E-state index < -0.39 is 65.6 Å². The molecule has 13 nitrogen and oxygen atoms in total. The molecule has 1 aliphatic rings. The molecule has 3 heterocycles. The second kappa shape index (κ2) is 11.0. The Morgan fingerprint density at radius 1 is 1.22 bits per heavy atom. The number of benzene rings is 1. The molecule has 6 N–H and O–H groups in total. The van der Waals surface area contributed by atoms with Gasteiger partial charge in [-0.3, -0.25) is 14.4 Å². The molecule has 3 aromatic rings. The van der Waals surface area contributed by atoms with E-state index in [4.69, 9.17) is 8.83 Å². The van der Waals surface area contributed by atoms with Gasteiger partial charge in [0.1, 0.15) is 29.9 Å². The van der Waals surface area contributed by atoms with Gasteiger partial charge in [0.05, 0.1) is 13.2 Å². The number of amides is 3. The molecule has 0 aliphatic carbocycles. The third-order valence-corrected chi connectivity index (χ3v) is 6.58. The van der Waals surface area contributed by atoms with E-state index in [1.165, 1.54) is 6.07 Å². The third-order valence-electron chi connectivity index (χ3n) is 6.58. The number of anilines is 1. The van der Waals surface area contributed by atoms with E-state index in [0.29, 0.717) is 0 Å². The number of carbonyl (C=O) groups excluding carboxylic acids is 3. The predicted octanol–water partition coefficient (Wildman–Crippen LogP) is 1.49. The van der Waals surface area contributed by atoms with Crippen LogP contribution in [0.25, 0.3) is 11.6 Å². The first kappa shape index (κ1) is 29.8. The van der Waals surface area contributed by atoms with E-state index in [-0.39, 0.29) is 40.3 Å². The van der Waals surface area contributed by atoms with Crippen LogP contribution >= 0.6 is 0 Å². The highest BCUT2D eigenvalue weighted by molar-refractivity contribution is 6.07. The molecular weight excluding hydrogens is 541 g/mol. The first-order chi connectivity index (χ1) is 19.2. The summed E-state index contributed by atoms with van der Waals surface area (Å²) < 4.78 is 25.7. The number of aliphatic hydroxyl groups excluding tert-OH is 2. The minimum Gasteiger partial charge on any atom is -0.443 e. The molecule has 41 heavy (non-hydrogen) atoms. The summed E-state index contributed by atoms with van der Waals surface area (Å²) in [6.45, 7) is 7.66. The van der Waals surface area contributed by atoms with Crippen molar-refractivity contribution in [3.8, 4) is 11.6 Å². The van der Waals surface area contributed by atoms with Gasteiger partial charge in [0.25, 0.3) is 5.91 Å². The van der Waals surface area contributed by atoms with Crippen molar-refractivity contribution in [3.05, 3.63) is 53.2 Å². The predicted molar refractivity (Wildman–Crippen MR) is 140 cm³/mol. The zero-order valence-electron chi connectivity index (χ0n) is 23.1. The number of fused-ring (bicyclic) bond motifs is 1. The van der Waals surface area contributed by atoms with Crippen LogP contribution in [0.2, 0.25) is 0 Å². The lowest BCUT2D eigenvalue weighted by molar-refractivity contribution is -0.133. The molecule has 3 atom stereocenters. The summed E-state index contributed by atoms with van der Waals surface area (Å²) in [5.41, 5.74) is -3.40. The largest absolute Gasteiger partial charge is 0.443 e. The van der Waals surface area contributed by atoms with E-state index in [1.54, 1.807) is 34.6 Å². The number of hydrogen-bond donors (Lipinski definition) is 6. The van der Waals surface area contributed by atoms with Crippen molar-refractivity contribution in [3.63, 3.8) is 0 Å². The van der Waals surface area contributed by atoms with Crippen LogP contribution < -0.4 is 16.0 Å². The standard InChI is InChI=1S/C27H32FN5O8/c1-12(2)19(36)22(37)29-9-17(35)32-20(26(3,4)5)24-33-18(23-30-14(10-34)11-40-23)21(41-24)27(39)15-8-13(28)6-7-16(15)31-25(27)38/h6-8,11-12,19-20,34,36,39H,9-10H2,1-5H3,(H,29,37)(H,31,38)(H,32,35)/t19-,20+,27?/m0/s1. The Balaban J connectivity index is 1.77. The van der Waals surface area contributed by atoms with Gasteiger partial charge in [-0.05, 0) is 29.5 Å². The number of rotatable bonds is 9. The molecule has 3 amide bonds. The number of halogens is 1. The zero-order chi connectivity index (χ0) is 30.3. The summed E-state index contributed by atoms with van der Waals surface area (Å²) in [4.78, 5) is 46.6. The molecule has 4 rings (SSSR count). The summed E-state index contributed by atoms with van der Waals surface area (Å²) in [5, 5.41) is 38.7. The van der Waals surface area contributed by atoms with Crippen molar-refractivity contribution in [1.82, 2.24) is 20.6 Å². The zero-order valence-corrected chi connectivity index (χ0v) is 23.1. The number of carbonyl (C=O) groups is 3. The molecule has 0 fully saturated rings. The molecule has 0 bridgehead atoms. The molecule has 0 saturated carbocycles. The maximum absolute atomic E-state index is 14.2. The summed E-state index contributed by atoms with van der Waals surface area (Å²) >= 11 is 0. The van der Waals surface area contributed by atoms with Crippen molar-refractivity contribution >= 4 is 23.4 Å². The summed E-state index contributed by atoms with van der Waals surface area (Å²) in [6, 6.07) is 2.39. The normalized spacial score (nSPS) is 18.1. The third kappa shape index (κ3) is 5.71. The Hall–Kier alpha value is -4.14. The van der Waals surface area contributed by atoms with E-state index in [1.807, 2.05) is 0 Å². The van der Waals surface area contributed by atoms with Crippen LogP contribution in [0.1, 0.15) is 63.6 Å². The molecule has 0 radical (unpaired) electrons. The molecule has 1 aromatic carbocycles. The lowest BCUT2D eigenvalue weighted by Crippen LogP contribution is -2.45. The quantitative estimate of drug-likeness (QED) is 0.218. The van der Waals surface area contributed by atoms with Gasteiger partial charge < -0.3 is 40.1 Å². The average molecular weight is 574 g/mol. The molecule has 1 aliphatic heterocycles. The molecule has 1 unspecified atom stereocenters. The van der Waals surface area contributed by atoms with E-state index in [0.717, 1.165) is 18.4 Å². The number of aromatic nitrogens is 2. The number of hydrogen-bond acceptors (Lipinski definition) is 10. The smallest absolute Gasteiger partial charge is 0.269 e. The molecular formula is C27H32FN5O8. The van der Waals surface area contributed by atoms with E-state index in [2.05, 4.69) is 25.9 Å². The molecule has 2 aromatic heterocycles. The fourth-order valence-electron chi connectivity index (χ4n) is 4.26. The number of aliphatic hydroxyl groups is 3. The van der Waals surface area contributed by atoms with Crippen molar-refractivity contribution in [1.29, 1.82) is 0 Å². The van der Waals surface area contributed by atoms with Crippen LogP contribution in [0.3, 0.4) is 0 Å². The SMILES string of the molecule is CC(C)[C@H](O)C(=O)NCC(=O)N[C@H](c1nc(-c2nc(CO)co2)c(C2(O)C(=O)Nc3ccc(F)cc32)o1)C(C)(C)C. The first-order valence-electron chi connectivity index (χ1n) is 12.8. The maximum Gasteiger partial charge on any atom is 0.269 e. The van der Waals surface area contributed by atoms with E-state index >= 15 is 0 Å². The van der Waals surface area contributed by atoms with Crippen LogP contribution in [0.5, 0.6) is 0 Å². The summed E-state index contributed by atoms with van der Waals surface area (Å²) in [5.74, 6) is -4.19. The molecule has 0 spiro atoms. The topological polar surface area (TPSA) is 200 Å². The second-order valence-electron chi connectivity index (χ2n) is 11.2. The Morgan fingerprint density at radius 3 is 2.54 bits per heavy atom. The van der Waals surface area contributed by atoms with Crippen LogP contribution in [-0.4, -0.2) is 55.7 Å². The van der Waals surface area contributed by atoms with Gasteiger partial charge in [-0.2, -0.15) is 0 Å². The maximum atomic E-state index is 14.2. The van der Waals surface area contributed by atoms with Gasteiger partial charge in [-0.1, -0.05) is 34.6 Å². The van der Waals surface area contributed by atoms with Gasteiger partial charge in [0, 0.05) is 11.3 Å². The van der Waals surface area contributed by atoms with Gasteiger partial charge in [0.15, 0.2) is 11.5 Å². The highest BCUT2D eigenvalue weighted by atomic mass is 19.1. The number of oxazole rings is 2. The second-order valence-corrected chi connectivity index (χ2v) is 11.2. The Labute approximate surface area is 234 Å². The van der Waals surface area contributed by atoms with Gasteiger partial charge in [-0.25, -0.2) is 14.4 Å². The molecule has 220 valence electrons. The van der Waals surface area contributed by atoms with Gasteiger partial charge in [-0.15, -0.1) is 0 Å². The van der Waals surface area contributed by atoms with Crippen LogP contribution in [0.15, 0.2) is 33.3 Å². The highest BCUT2D eigenvalue weighted by Crippen LogP contribution is 2.46. The fraction of sp³-hybridized carbons (Fsp3) is 0.444. The van der Waals surface area contributed by atoms with E-state index in [9.17, 15) is 34.1 Å². The minimum atomic E-state index is -2.56. The lowest BCUT2D eigenvalue weighted by Gasteiger charge is -2.29. The van der Waals surface area contributed by atoms with Crippen LogP contribution in [0.4, 0.5) is 10.1 Å². The average Bonchev–Trinajstić information content (AvgIpc) is 3.62. The van der Waals surface area contributed by atoms with Gasteiger partial charge in [0.2, 0.25) is 29.2 Å². The monoisotopic (exact) mass is 573 g/mol. The van der Waals surface area contributed by atoms with Crippen LogP contribution in [0, 0.1) is 17.2 Å². The number of nitrogens with zero attached hydrogens (tertiary/aromatic N) is 2. The Kier molecular flexibility index (Phi) is 8.02. The molecule has 14 heteroatoms. The van der Waals surface area contributed by atoms with Gasteiger partial charge >= 0.3 is 0 Å².